The number of rotatable bonds is 4. The van der Waals surface area contributed by atoms with Crippen LogP contribution in [0.15, 0.2) is 16.8 Å². The number of nitrogens with one attached hydrogen (secondary N) is 1. The molecule has 2 aliphatic heterocycles. The van der Waals surface area contributed by atoms with E-state index in [0.29, 0.717) is 11.9 Å². The quantitative estimate of drug-likeness (QED) is 0.867. The molecule has 1 atom stereocenters. The maximum Gasteiger partial charge on any atom is 0.289 e. The van der Waals surface area contributed by atoms with Gasteiger partial charge in [-0.3, -0.25) is 14.6 Å². The van der Waals surface area contributed by atoms with Gasteiger partial charge >= 0.3 is 0 Å². The Hall–Kier alpha value is -1.77. The predicted molar refractivity (Wildman–Crippen MR) is 104 cm³/mol. The highest BCUT2D eigenvalue weighted by molar-refractivity contribution is 7.07. The Morgan fingerprint density at radius 3 is 3.00 bits per heavy atom. The summed E-state index contributed by atoms with van der Waals surface area (Å²) >= 11 is 1.76. The molecule has 1 amide bonds. The smallest absolute Gasteiger partial charge is 0.289 e. The maximum absolute atomic E-state index is 12.7. The molecule has 3 aliphatic rings. The van der Waals surface area contributed by atoms with Gasteiger partial charge in [0.15, 0.2) is 0 Å². The van der Waals surface area contributed by atoms with E-state index in [0.717, 1.165) is 57.8 Å². The van der Waals surface area contributed by atoms with Crippen LogP contribution in [0.25, 0.3) is 0 Å². The maximum atomic E-state index is 12.7. The van der Waals surface area contributed by atoms with Crippen LogP contribution in [-0.2, 0) is 19.6 Å². The van der Waals surface area contributed by atoms with E-state index < -0.39 is 0 Å². The number of hydrogen-bond acceptors (Lipinski definition) is 6. The molecule has 0 unspecified atom stereocenters. The van der Waals surface area contributed by atoms with Crippen molar-refractivity contribution < 1.29 is 4.79 Å². The van der Waals surface area contributed by atoms with Crippen molar-refractivity contribution in [2.24, 2.45) is 0 Å². The molecule has 0 aromatic carbocycles. The number of amides is 1. The van der Waals surface area contributed by atoms with Gasteiger partial charge in [-0.1, -0.05) is 0 Å². The molecular formula is C19H26N6OS. The van der Waals surface area contributed by atoms with E-state index in [1.165, 1.54) is 12.0 Å². The first-order chi connectivity index (χ1) is 13.1. The SMILES string of the molecule is CN1Cc2nnc(C(=O)NC3CCC3)n2C[C@]12CCN(Cc1ccsc1)C2. The van der Waals surface area contributed by atoms with E-state index >= 15 is 0 Å². The van der Waals surface area contributed by atoms with Crippen molar-refractivity contribution in [2.75, 3.05) is 20.1 Å². The standard InChI is InChI=1S/C19H26N6OS/c1-23-10-16-21-22-17(18(26)20-15-3-2-4-15)25(16)13-19(23)6-7-24(12-19)9-14-5-8-27-11-14/h5,8,11,15H,2-4,6-7,9-10,12-13H2,1H3,(H,20,26)/t19-/m1/s1. The number of likely N-dealkylation sites (tertiary alicyclic amines) is 1. The minimum Gasteiger partial charge on any atom is -0.347 e. The first-order valence-corrected chi connectivity index (χ1v) is 10.7. The average molecular weight is 387 g/mol. The van der Waals surface area contributed by atoms with Crippen molar-refractivity contribution in [3.05, 3.63) is 34.0 Å². The van der Waals surface area contributed by atoms with Crippen LogP contribution in [0.1, 0.15) is 47.7 Å². The molecule has 0 bridgehead atoms. The van der Waals surface area contributed by atoms with Gasteiger partial charge in [0.05, 0.1) is 12.1 Å². The fraction of sp³-hybridized carbons (Fsp3) is 0.632. The Morgan fingerprint density at radius 1 is 1.37 bits per heavy atom. The number of hydrogen-bond donors (Lipinski definition) is 1. The third kappa shape index (κ3) is 3.09. The van der Waals surface area contributed by atoms with Gasteiger partial charge in [-0.05, 0) is 55.1 Å². The average Bonchev–Trinajstić information content (AvgIpc) is 3.34. The largest absolute Gasteiger partial charge is 0.347 e. The lowest BCUT2D eigenvalue weighted by Gasteiger charge is -2.43. The molecule has 1 saturated heterocycles. The van der Waals surface area contributed by atoms with Crippen molar-refractivity contribution in [1.29, 1.82) is 0 Å². The fourth-order valence-electron chi connectivity index (χ4n) is 4.54. The topological polar surface area (TPSA) is 66.3 Å². The van der Waals surface area contributed by atoms with Gasteiger partial charge in [-0.25, -0.2) is 0 Å². The summed E-state index contributed by atoms with van der Waals surface area (Å²) in [4.78, 5) is 17.6. The zero-order chi connectivity index (χ0) is 18.4. The van der Waals surface area contributed by atoms with Crippen LogP contribution in [0.2, 0.25) is 0 Å². The minimum atomic E-state index is -0.0636. The number of nitrogens with zero attached hydrogens (tertiary/aromatic N) is 5. The molecule has 2 aromatic rings. The molecule has 0 radical (unpaired) electrons. The number of fused-ring (bicyclic) bond motifs is 1. The van der Waals surface area contributed by atoms with Crippen LogP contribution in [0.3, 0.4) is 0 Å². The lowest BCUT2D eigenvalue weighted by molar-refractivity contribution is 0.0645. The number of carbonyl (C=O) groups is 1. The Labute approximate surface area is 163 Å². The van der Waals surface area contributed by atoms with E-state index in [-0.39, 0.29) is 11.4 Å². The van der Waals surface area contributed by atoms with Gasteiger partial charge in [-0.15, -0.1) is 10.2 Å². The third-order valence-corrected chi connectivity index (χ3v) is 7.24. The molecule has 27 heavy (non-hydrogen) atoms. The van der Waals surface area contributed by atoms with Gasteiger partial charge in [0.1, 0.15) is 5.82 Å². The van der Waals surface area contributed by atoms with Crippen LogP contribution in [0.5, 0.6) is 0 Å². The highest BCUT2D eigenvalue weighted by Gasteiger charge is 2.46. The summed E-state index contributed by atoms with van der Waals surface area (Å²) in [5, 5.41) is 16.0. The van der Waals surface area contributed by atoms with Gasteiger partial charge in [-0.2, -0.15) is 11.3 Å². The summed E-state index contributed by atoms with van der Waals surface area (Å²) in [5.74, 6) is 1.32. The molecule has 1 aliphatic carbocycles. The Balaban J connectivity index is 1.34. The highest BCUT2D eigenvalue weighted by Crippen LogP contribution is 2.35. The predicted octanol–water partition coefficient (Wildman–Crippen LogP) is 1.71. The summed E-state index contributed by atoms with van der Waals surface area (Å²) in [6, 6.07) is 2.53. The molecule has 144 valence electrons. The molecule has 8 heteroatoms. The van der Waals surface area contributed by atoms with Gasteiger partial charge < -0.3 is 9.88 Å². The molecule has 1 N–H and O–H groups in total. The van der Waals surface area contributed by atoms with E-state index in [4.69, 9.17) is 0 Å². The van der Waals surface area contributed by atoms with Gasteiger partial charge in [0.2, 0.25) is 5.82 Å². The Kier molecular flexibility index (Phi) is 4.29. The Bertz CT molecular complexity index is 829. The second kappa shape index (κ2) is 6.68. The van der Waals surface area contributed by atoms with E-state index in [1.807, 2.05) is 0 Å². The molecular weight excluding hydrogens is 360 g/mol. The molecule has 7 nitrogen and oxygen atoms in total. The summed E-state index contributed by atoms with van der Waals surface area (Å²) in [7, 11) is 2.18. The lowest BCUT2D eigenvalue weighted by atomic mass is 9.93. The first kappa shape index (κ1) is 17.3. The van der Waals surface area contributed by atoms with Crippen LogP contribution in [0, 0.1) is 0 Å². The molecule has 2 aromatic heterocycles. The molecule has 1 spiro atoms. The van der Waals surface area contributed by atoms with Crippen molar-refractivity contribution >= 4 is 17.2 Å². The second-order valence-corrected chi connectivity index (χ2v) is 9.08. The van der Waals surface area contributed by atoms with Gasteiger partial charge in [0, 0.05) is 32.2 Å². The van der Waals surface area contributed by atoms with Crippen LogP contribution >= 0.6 is 11.3 Å². The summed E-state index contributed by atoms with van der Waals surface area (Å²) in [5.41, 5.74) is 1.44. The second-order valence-electron chi connectivity index (χ2n) is 8.30. The van der Waals surface area contributed by atoms with E-state index in [9.17, 15) is 4.79 Å². The highest BCUT2D eigenvalue weighted by atomic mass is 32.1. The Morgan fingerprint density at radius 2 is 2.26 bits per heavy atom. The van der Waals surface area contributed by atoms with Crippen LogP contribution < -0.4 is 5.32 Å². The molecule has 1 saturated carbocycles. The molecule has 5 rings (SSSR count). The molecule has 2 fully saturated rings. The van der Waals surface area contributed by atoms with E-state index in [1.54, 1.807) is 11.3 Å². The summed E-state index contributed by atoms with van der Waals surface area (Å²) in [6.07, 6.45) is 4.47. The first-order valence-electron chi connectivity index (χ1n) is 9.81. The zero-order valence-electron chi connectivity index (χ0n) is 15.7. The van der Waals surface area contributed by atoms with Crippen molar-refractivity contribution in [2.45, 2.75) is 56.9 Å². The summed E-state index contributed by atoms with van der Waals surface area (Å²) in [6.45, 7) is 4.64. The molecule has 4 heterocycles. The van der Waals surface area contributed by atoms with Crippen LogP contribution in [0.4, 0.5) is 0 Å². The fourth-order valence-corrected chi connectivity index (χ4v) is 5.20. The van der Waals surface area contributed by atoms with Crippen molar-refractivity contribution in [1.82, 2.24) is 29.9 Å². The van der Waals surface area contributed by atoms with Crippen molar-refractivity contribution in [3.63, 3.8) is 0 Å². The zero-order valence-corrected chi connectivity index (χ0v) is 16.5. The number of thiophene rings is 1. The monoisotopic (exact) mass is 386 g/mol. The number of likely N-dealkylation sites (N-methyl/N-ethyl adjacent to an activating group) is 1. The third-order valence-electron chi connectivity index (χ3n) is 6.51. The number of aromatic nitrogens is 3. The summed E-state index contributed by atoms with van der Waals surface area (Å²) < 4.78 is 2.07. The van der Waals surface area contributed by atoms with Crippen LogP contribution in [-0.4, -0.2) is 62.2 Å². The van der Waals surface area contributed by atoms with E-state index in [2.05, 4.69) is 53.8 Å². The normalized spacial score (nSPS) is 26.3. The lowest BCUT2D eigenvalue weighted by Crippen LogP contribution is -2.55. The van der Waals surface area contributed by atoms with Crippen molar-refractivity contribution in [3.8, 4) is 0 Å². The minimum absolute atomic E-state index is 0.0525. The van der Waals surface area contributed by atoms with Gasteiger partial charge in [0.25, 0.3) is 5.91 Å². The number of carbonyl (C=O) groups excluding carboxylic acids is 1.